The number of thiophene rings is 2. The number of hydrogen-bond donors (Lipinski definition) is 2. The molecule has 0 aliphatic heterocycles. The van der Waals surface area contributed by atoms with Crippen LogP contribution in [0.4, 0.5) is 10.8 Å². The van der Waals surface area contributed by atoms with Gasteiger partial charge in [-0.2, -0.15) is 0 Å². The summed E-state index contributed by atoms with van der Waals surface area (Å²) in [5.41, 5.74) is 4.42. The minimum absolute atomic E-state index is 0.0616. The molecular formula is C26H25N3OS2. The van der Waals surface area contributed by atoms with Gasteiger partial charge in [-0.1, -0.05) is 24.3 Å². The number of amides is 1. The molecule has 0 fully saturated rings. The molecule has 0 unspecified atom stereocenters. The number of hydrogen-bond acceptors (Lipinski definition) is 5. The molecule has 1 amide bonds. The molecule has 1 aliphatic carbocycles. The van der Waals surface area contributed by atoms with Gasteiger partial charge < -0.3 is 10.6 Å². The zero-order chi connectivity index (χ0) is 21.9. The van der Waals surface area contributed by atoms with Crippen LogP contribution in [0.5, 0.6) is 0 Å². The summed E-state index contributed by atoms with van der Waals surface area (Å²) in [6.45, 7) is 2.07. The van der Waals surface area contributed by atoms with Crippen LogP contribution in [0.1, 0.15) is 55.7 Å². The Kier molecular flexibility index (Phi) is 6.06. The molecule has 1 aromatic carbocycles. The Morgan fingerprint density at radius 2 is 1.91 bits per heavy atom. The van der Waals surface area contributed by atoms with Gasteiger partial charge in [0.2, 0.25) is 0 Å². The highest BCUT2D eigenvalue weighted by molar-refractivity contribution is 7.16. The van der Waals surface area contributed by atoms with E-state index in [4.69, 9.17) is 0 Å². The van der Waals surface area contributed by atoms with Crippen molar-refractivity contribution < 1.29 is 4.79 Å². The Morgan fingerprint density at radius 3 is 2.69 bits per heavy atom. The fourth-order valence-corrected chi connectivity index (χ4v) is 6.36. The van der Waals surface area contributed by atoms with E-state index in [2.05, 4.69) is 46.1 Å². The standard InChI is InChI=1S/C26H25N3OS2/c1-17-13-14-27-22(16-17)28-24(21-12-7-15-31-21)23-19-10-5-6-11-20(19)32-26(23)29-25(30)18-8-3-2-4-9-18/h2-4,7-9,12-16,24H,5-6,10-11H2,1H3,(H,27,28)(H,29,30)/t24-/m0/s1. The number of rotatable bonds is 6. The largest absolute Gasteiger partial charge is 0.358 e. The van der Waals surface area contributed by atoms with Crippen LogP contribution in [0, 0.1) is 6.92 Å². The topological polar surface area (TPSA) is 54.0 Å². The number of nitrogens with one attached hydrogen (secondary N) is 2. The summed E-state index contributed by atoms with van der Waals surface area (Å²) in [5, 5.41) is 9.98. The van der Waals surface area contributed by atoms with Crippen LogP contribution in [-0.4, -0.2) is 10.9 Å². The van der Waals surface area contributed by atoms with Crippen LogP contribution in [0.2, 0.25) is 0 Å². The van der Waals surface area contributed by atoms with Crippen molar-refractivity contribution in [1.29, 1.82) is 0 Å². The Bertz CT molecular complexity index is 1220. The molecule has 6 heteroatoms. The Hall–Kier alpha value is -2.96. The molecule has 2 N–H and O–H groups in total. The van der Waals surface area contributed by atoms with Gasteiger partial charge in [0.15, 0.2) is 0 Å². The minimum atomic E-state index is -0.0657. The van der Waals surface area contributed by atoms with E-state index in [9.17, 15) is 4.79 Å². The van der Waals surface area contributed by atoms with E-state index >= 15 is 0 Å². The molecule has 3 aromatic heterocycles. The quantitative estimate of drug-likeness (QED) is 0.332. The summed E-state index contributed by atoms with van der Waals surface area (Å²) < 4.78 is 0. The van der Waals surface area contributed by atoms with E-state index in [1.807, 2.05) is 42.6 Å². The van der Waals surface area contributed by atoms with Gasteiger partial charge in [0.25, 0.3) is 5.91 Å². The Morgan fingerprint density at radius 1 is 1.06 bits per heavy atom. The molecule has 162 valence electrons. The van der Waals surface area contributed by atoms with Crippen LogP contribution in [-0.2, 0) is 12.8 Å². The van der Waals surface area contributed by atoms with E-state index in [0.717, 1.165) is 29.2 Å². The second kappa shape index (κ2) is 9.27. The lowest BCUT2D eigenvalue weighted by Crippen LogP contribution is -2.18. The van der Waals surface area contributed by atoms with Crippen LogP contribution < -0.4 is 10.6 Å². The molecule has 32 heavy (non-hydrogen) atoms. The van der Waals surface area contributed by atoms with Crippen molar-refractivity contribution in [2.45, 2.75) is 38.6 Å². The zero-order valence-electron chi connectivity index (χ0n) is 17.9. The summed E-state index contributed by atoms with van der Waals surface area (Å²) >= 11 is 3.47. The molecule has 0 saturated heterocycles. The van der Waals surface area contributed by atoms with Crippen molar-refractivity contribution in [3.8, 4) is 0 Å². The third kappa shape index (κ3) is 4.33. The maximum absolute atomic E-state index is 13.1. The first-order chi connectivity index (χ1) is 15.7. The summed E-state index contributed by atoms with van der Waals surface area (Å²) in [6.07, 6.45) is 6.35. The molecule has 0 saturated carbocycles. The first kappa shape index (κ1) is 20.9. The van der Waals surface area contributed by atoms with Gasteiger partial charge in [0.05, 0.1) is 6.04 Å². The number of benzene rings is 1. The Labute approximate surface area is 196 Å². The monoisotopic (exact) mass is 459 g/mol. The van der Waals surface area contributed by atoms with Gasteiger partial charge in [0, 0.05) is 27.1 Å². The highest BCUT2D eigenvalue weighted by atomic mass is 32.1. The van der Waals surface area contributed by atoms with Crippen molar-refractivity contribution in [2.24, 2.45) is 0 Å². The number of fused-ring (bicyclic) bond motifs is 1. The first-order valence-corrected chi connectivity index (χ1v) is 12.6. The van der Waals surface area contributed by atoms with Gasteiger partial charge >= 0.3 is 0 Å². The van der Waals surface area contributed by atoms with E-state index in [1.54, 1.807) is 22.7 Å². The van der Waals surface area contributed by atoms with Crippen LogP contribution in [0.25, 0.3) is 0 Å². The fourth-order valence-electron chi connectivity index (χ4n) is 4.26. The van der Waals surface area contributed by atoms with E-state index in [1.165, 1.54) is 33.7 Å². The number of aromatic nitrogens is 1. The molecule has 4 nitrogen and oxygen atoms in total. The van der Waals surface area contributed by atoms with Crippen LogP contribution in [0.15, 0.2) is 66.2 Å². The highest BCUT2D eigenvalue weighted by Crippen LogP contribution is 2.45. The third-order valence-electron chi connectivity index (χ3n) is 5.80. The second-order valence-electron chi connectivity index (χ2n) is 8.09. The van der Waals surface area contributed by atoms with Crippen molar-refractivity contribution in [3.05, 3.63) is 98.2 Å². The van der Waals surface area contributed by atoms with Crippen molar-refractivity contribution in [3.63, 3.8) is 0 Å². The molecule has 0 radical (unpaired) electrons. The lowest BCUT2D eigenvalue weighted by molar-refractivity contribution is 0.102. The number of nitrogens with zero attached hydrogens (tertiary/aromatic N) is 1. The van der Waals surface area contributed by atoms with E-state index in [0.29, 0.717) is 5.56 Å². The molecule has 1 aliphatic rings. The molecule has 3 heterocycles. The first-order valence-electron chi connectivity index (χ1n) is 10.9. The summed E-state index contributed by atoms with van der Waals surface area (Å²) in [7, 11) is 0. The summed E-state index contributed by atoms with van der Waals surface area (Å²) in [6, 6.07) is 17.7. The van der Waals surface area contributed by atoms with Crippen LogP contribution >= 0.6 is 22.7 Å². The normalized spacial score (nSPS) is 13.9. The molecule has 1 atom stereocenters. The predicted octanol–water partition coefficient (Wildman–Crippen LogP) is 6.85. The summed E-state index contributed by atoms with van der Waals surface area (Å²) in [5.74, 6) is 0.781. The molecule has 0 spiro atoms. The number of carbonyl (C=O) groups excluding carboxylic acids is 1. The average molecular weight is 460 g/mol. The van der Waals surface area contributed by atoms with Crippen molar-refractivity contribution in [1.82, 2.24) is 4.98 Å². The van der Waals surface area contributed by atoms with Gasteiger partial charge in [-0.25, -0.2) is 4.98 Å². The third-order valence-corrected chi connectivity index (χ3v) is 7.96. The lowest BCUT2D eigenvalue weighted by Gasteiger charge is -2.23. The second-order valence-corrected chi connectivity index (χ2v) is 10.2. The molecule has 5 rings (SSSR count). The van der Waals surface area contributed by atoms with Gasteiger partial charge in [-0.15, -0.1) is 22.7 Å². The highest BCUT2D eigenvalue weighted by Gasteiger charge is 2.29. The molecular weight excluding hydrogens is 434 g/mol. The maximum atomic E-state index is 13.1. The van der Waals surface area contributed by atoms with E-state index in [-0.39, 0.29) is 11.9 Å². The SMILES string of the molecule is Cc1ccnc(N[C@@H](c2cccs2)c2c(NC(=O)c3ccccc3)sc3c2CCCC3)c1. The number of carbonyl (C=O) groups is 1. The predicted molar refractivity (Wildman–Crippen MR) is 134 cm³/mol. The van der Waals surface area contributed by atoms with Crippen molar-refractivity contribution >= 4 is 39.4 Å². The van der Waals surface area contributed by atoms with E-state index < -0.39 is 0 Å². The van der Waals surface area contributed by atoms with Gasteiger partial charge in [-0.05, 0) is 79.4 Å². The zero-order valence-corrected chi connectivity index (χ0v) is 19.6. The Balaban J connectivity index is 1.58. The van der Waals surface area contributed by atoms with Gasteiger partial charge in [-0.3, -0.25) is 4.79 Å². The smallest absolute Gasteiger partial charge is 0.256 e. The number of aryl methyl sites for hydroxylation is 2. The summed E-state index contributed by atoms with van der Waals surface area (Å²) in [4.78, 5) is 20.2. The number of pyridine rings is 1. The number of anilines is 2. The fraction of sp³-hybridized carbons (Fsp3) is 0.231. The average Bonchev–Trinajstić information content (AvgIpc) is 3.46. The minimum Gasteiger partial charge on any atom is -0.358 e. The van der Waals surface area contributed by atoms with Gasteiger partial charge in [0.1, 0.15) is 10.8 Å². The molecule has 0 bridgehead atoms. The maximum Gasteiger partial charge on any atom is 0.256 e. The lowest BCUT2D eigenvalue weighted by atomic mass is 9.91. The van der Waals surface area contributed by atoms with Crippen molar-refractivity contribution in [2.75, 3.05) is 10.6 Å². The van der Waals surface area contributed by atoms with Crippen LogP contribution in [0.3, 0.4) is 0 Å². The molecule has 4 aromatic rings.